The molecule has 4 rings (SSSR count). The average molecular weight is 519 g/mol. The van der Waals surface area contributed by atoms with E-state index in [2.05, 4.69) is 10.3 Å². The van der Waals surface area contributed by atoms with Crippen molar-refractivity contribution in [2.45, 2.75) is 20.8 Å². The van der Waals surface area contributed by atoms with Crippen LogP contribution >= 0.6 is 11.6 Å². The number of imidazole rings is 1. The quantitative estimate of drug-likeness (QED) is 0.294. The number of aromatic nitrogens is 2. The van der Waals surface area contributed by atoms with Crippen LogP contribution < -0.4 is 5.32 Å². The maximum Gasteiger partial charge on any atom is 0.254 e. The first-order valence-corrected chi connectivity index (χ1v) is 12.3. The second-order valence-electron chi connectivity index (χ2n) is 9.28. The Morgan fingerprint density at radius 3 is 2.41 bits per heavy atom. The molecule has 3 aromatic carbocycles. The van der Waals surface area contributed by atoms with Crippen molar-refractivity contribution in [3.63, 3.8) is 0 Å². The van der Waals surface area contributed by atoms with Gasteiger partial charge >= 0.3 is 0 Å². The predicted molar refractivity (Wildman–Crippen MR) is 145 cm³/mol. The van der Waals surface area contributed by atoms with Crippen LogP contribution in [0.1, 0.15) is 29.8 Å². The van der Waals surface area contributed by atoms with Crippen molar-refractivity contribution in [3.05, 3.63) is 101 Å². The summed E-state index contributed by atoms with van der Waals surface area (Å²) in [4.78, 5) is 32.6. The molecule has 8 heteroatoms. The number of rotatable bonds is 8. The Labute approximate surface area is 220 Å². The zero-order valence-electron chi connectivity index (χ0n) is 20.9. The van der Waals surface area contributed by atoms with Crippen molar-refractivity contribution < 1.29 is 14.0 Å². The van der Waals surface area contributed by atoms with Crippen molar-refractivity contribution >= 4 is 29.4 Å². The van der Waals surface area contributed by atoms with Crippen LogP contribution in [0.25, 0.3) is 16.9 Å². The van der Waals surface area contributed by atoms with E-state index in [0.717, 1.165) is 11.1 Å². The maximum atomic E-state index is 13.8. The number of carbonyl (C=O) groups excluding carboxylic acids is 2. The molecule has 0 fully saturated rings. The highest BCUT2D eigenvalue weighted by Gasteiger charge is 2.22. The molecule has 1 N–H and O–H groups in total. The summed E-state index contributed by atoms with van der Waals surface area (Å²) in [5.41, 5.74) is 3.57. The van der Waals surface area contributed by atoms with E-state index in [1.807, 2.05) is 63.2 Å². The Morgan fingerprint density at radius 1 is 1.05 bits per heavy atom. The van der Waals surface area contributed by atoms with E-state index in [0.29, 0.717) is 23.5 Å². The SMILES string of the molecule is Cc1ccc(C(=O)N(CC(=O)Nc2nc(-c3ccccc3)cn2-c2ccc(F)c(Cl)c2)CC(C)C)cc1. The number of hydrogen-bond acceptors (Lipinski definition) is 3. The summed E-state index contributed by atoms with van der Waals surface area (Å²) in [5, 5.41) is 2.79. The van der Waals surface area contributed by atoms with Crippen LogP contribution in [0, 0.1) is 18.7 Å². The first-order chi connectivity index (χ1) is 17.7. The van der Waals surface area contributed by atoms with Gasteiger partial charge in [0.05, 0.1) is 16.4 Å². The average Bonchev–Trinajstić information content (AvgIpc) is 3.29. The molecule has 1 heterocycles. The first-order valence-electron chi connectivity index (χ1n) is 12.0. The number of amides is 2. The summed E-state index contributed by atoms with van der Waals surface area (Å²) in [5.74, 6) is -0.768. The van der Waals surface area contributed by atoms with Gasteiger partial charge < -0.3 is 4.90 Å². The van der Waals surface area contributed by atoms with Crippen LogP contribution in [0.2, 0.25) is 5.02 Å². The Balaban J connectivity index is 1.63. The number of nitrogens with one attached hydrogen (secondary N) is 1. The van der Waals surface area contributed by atoms with E-state index >= 15 is 0 Å². The highest BCUT2D eigenvalue weighted by Crippen LogP contribution is 2.26. The van der Waals surface area contributed by atoms with Gasteiger partial charge in [-0.2, -0.15) is 0 Å². The summed E-state index contributed by atoms with van der Waals surface area (Å²) in [6, 6.07) is 21.0. The maximum absolute atomic E-state index is 13.8. The lowest BCUT2D eigenvalue weighted by atomic mass is 10.1. The van der Waals surface area contributed by atoms with Crippen LogP contribution in [-0.4, -0.2) is 39.4 Å². The number of aryl methyl sites for hydroxylation is 1. The fourth-order valence-electron chi connectivity index (χ4n) is 3.92. The molecule has 0 unspecified atom stereocenters. The number of carbonyl (C=O) groups is 2. The molecular weight excluding hydrogens is 491 g/mol. The van der Waals surface area contributed by atoms with Crippen LogP contribution in [0.3, 0.4) is 0 Å². The van der Waals surface area contributed by atoms with Gasteiger partial charge in [-0.15, -0.1) is 0 Å². The third-order valence-electron chi connectivity index (χ3n) is 5.71. The molecule has 0 aliphatic carbocycles. The number of benzene rings is 3. The molecule has 0 saturated carbocycles. The van der Waals surface area contributed by atoms with Gasteiger partial charge in [-0.05, 0) is 43.2 Å². The topological polar surface area (TPSA) is 67.2 Å². The number of anilines is 1. The van der Waals surface area contributed by atoms with Gasteiger partial charge in [-0.1, -0.05) is 73.5 Å². The molecule has 0 aliphatic rings. The molecule has 0 spiro atoms. The molecule has 1 aromatic heterocycles. The minimum atomic E-state index is -0.543. The lowest BCUT2D eigenvalue weighted by Crippen LogP contribution is -2.40. The molecule has 37 heavy (non-hydrogen) atoms. The van der Waals surface area contributed by atoms with Crippen molar-refractivity contribution in [1.29, 1.82) is 0 Å². The van der Waals surface area contributed by atoms with Crippen molar-refractivity contribution in [2.24, 2.45) is 5.92 Å². The van der Waals surface area contributed by atoms with E-state index in [9.17, 15) is 14.0 Å². The molecule has 0 atom stereocenters. The lowest BCUT2D eigenvalue weighted by molar-refractivity contribution is -0.117. The standard InChI is InChI=1S/C29H28ClFN4O2/c1-19(2)16-34(28(37)22-11-9-20(3)10-12-22)18-27(36)33-29-32-26(21-7-5-4-6-8-21)17-35(29)23-13-14-25(31)24(30)15-23/h4-15,17,19H,16,18H2,1-3H3,(H,32,33,36). The minimum absolute atomic E-state index is 0.0449. The van der Waals surface area contributed by atoms with E-state index in [4.69, 9.17) is 11.6 Å². The van der Waals surface area contributed by atoms with Crippen LogP contribution in [0.5, 0.6) is 0 Å². The van der Waals surface area contributed by atoms with Crippen LogP contribution in [-0.2, 0) is 4.79 Å². The Bertz CT molecular complexity index is 1400. The van der Waals surface area contributed by atoms with Gasteiger partial charge in [0, 0.05) is 23.9 Å². The summed E-state index contributed by atoms with van der Waals surface area (Å²) in [6.07, 6.45) is 1.75. The molecule has 4 aromatic rings. The minimum Gasteiger partial charge on any atom is -0.329 e. The van der Waals surface area contributed by atoms with Crippen LogP contribution in [0.4, 0.5) is 10.3 Å². The van der Waals surface area contributed by atoms with Gasteiger partial charge in [-0.25, -0.2) is 9.37 Å². The Morgan fingerprint density at radius 2 is 1.76 bits per heavy atom. The molecule has 6 nitrogen and oxygen atoms in total. The Hall–Kier alpha value is -3.97. The first kappa shape index (κ1) is 26.1. The lowest BCUT2D eigenvalue weighted by Gasteiger charge is -2.24. The highest BCUT2D eigenvalue weighted by atomic mass is 35.5. The van der Waals surface area contributed by atoms with Gasteiger partial charge in [-0.3, -0.25) is 19.5 Å². The van der Waals surface area contributed by atoms with Crippen LogP contribution in [0.15, 0.2) is 79.0 Å². The van der Waals surface area contributed by atoms with Gasteiger partial charge in [0.15, 0.2) is 0 Å². The third-order valence-corrected chi connectivity index (χ3v) is 6.00. The molecule has 2 amide bonds. The fourth-order valence-corrected chi connectivity index (χ4v) is 4.10. The monoisotopic (exact) mass is 518 g/mol. The summed E-state index contributed by atoms with van der Waals surface area (Å²) < 4.78 is 15.5. The normalized spacial score (nSPS) is 11.0. The summed E-state index contributed by atoms with van der Waals surface area (Å²) in [7, 11) is 0. The second-order valence-corrected chi connectivity index (χ2v) is 9.69. The van der Waals surface area contributed by atoms with E-state index < -0.39 is 11.7 Å². The van der Waals surface area contributed by atoms with Gasteiger partial charge in [0.25, 0.3) is 5.91 Å². The zero-order valence-corrected chi connectivity index (χ0v) is 21.7. The smallest absolute Gasteiger partial charge is 0.254 e. The molecule has 0 saturated heterocycles. The van der Waals surface area contributed by atoms with E-state index in [1.54, 1.807) is 29.0 Å². The van der Waals surface area contributed by atoms with Crippen molar-refractivity contribution in [2.75, 3.05) is 18.4 Å². The predicted octanol–water partition coefficient (Wildman–Crippen LogP) is 6.38. The molecular formula is C29H28ClFN4O2. The molecule has 190 valence electrons. The van der Waals surface area contributed by atoms with Gasteiger partial charge in [0.2, 0.25) is 11.9 Å². The van der Waals surface area contributed by atoms with Crippen molar-refractivity contribution in [1.82, 2.24) is 14.5 Å². The van der Waals surface area contributed by atoms with Crippen molar-refractivity contribution in [3.8, 4) is 16.9 Å². The Kier molecular flexibility index (Phi) is 8.04. The number of nitrogens with zero attached hydrogens (tertiary/aromatic N) is 3. The third kappa shape index (κ3) is 6.43. The zero-order chi connectivity index (χ0) is 26.5. The van der Waals surface area contributed by atoms with Gasteiger partial charge in [0.1, 0.15) is 12.4 Å². The molecule has 0 aliphatic heterocycles. The second kappa shape index (κ2) is 11.4. The largest absolute Gasteiger partial charge is 0.329 e. The number of halogens is 2. The molecule has 0 bridgehead atoms. The summed E-state index contributed by atoms with van der Waals surface area (Å²) in [6.45, 7) is 6.20. The molecule has 0 radical (unpaired) electrons. The number of hydrogen-bond donors (Lipinski definition) is 1. The highest BCUT2D eigenvalue weighted by molar-refractivity contribution is 6.30. The summed E-state index contributed by atoms with van der Waals surface area (Å²) >= 11 is 6.03. The van der Waals surface area contributed by atoms with E-state index in [1.165, 1.54) is 17.0 Å². The fraction of sp³-hybridized carbons (Fsp3) is 0.207. The van der Waals surface area contributed by atoms with E-state index in [-0.39, 0.29) is 29.3 Å².